The Morgan fingerprint density at radius 2 is 1.96 bits per heavy atom. The van der Waals surface area contributed by atoms with Gasteiger partial charge in [0.05, 0.1) is 11.5 Å². The molecule has 0 atom stereocenters. The number of ether oxygens (including phenoxy) is 1. The Balaban J connectivity index is 2.17. The summed E-state index contributed by atoms with van der Waals surface area (Å²) in [6.07, 6.45) is 0. The standard InChI is InChI=1S/C17H19ClN2O4S/c1-12-6-7-14(11-16(12)18)20-17(21)13-4-3-5-15(10-13)25(22,23)19-8-9-24-2/h3-7,10-11,19H,8-9H2,1-2H3,(H,20,21). The molecule has 0 saturated carbocycles. The van der Waals surface area contributed by atoms with Crippen molar-refractivity contribution in [1.29, 1.82) is 0 Å². The lowest BCUT2D eigenvalue weighted by Gasteiger charge is -2.09. The zero-order chi connectivity index (χ0) is 18.4. The summed E-state index contributed by atoms with van der Waals surface area (Å²) in [7, 11) is -2.22. The molecule has 0 aromatic heterocycles. The van der Waals surface area contributed by atoms with Gasteiger partial charge in [-0.25, -0.2) is 13.1 Å². The van der Waals surface area contributed by atoms with Crippen molar-refractivity contribution < 1.29 is 17.9 Å². The van der Waals surface area contributed by atoms with Gasteiger partial charge in [-0.2, -0.15) is 0 Å². The SMILES string of the molecule is COCCNS(=O)(=O)c1cccc(C(=O)Nc2ccc(C)c(Cl)c2)c1. The van der Waals surface area contributed by atoms with Crippen LogP contribution in [0.4, 0.5) is 5.69 Å². The van der Waals surface area contributed by atoms with E-state index in [4.69, 9.17) is 16.3 Å². The van der Waals surface area contributed by atoms with Gasteiger partial charge in [-0.1, -0.05) is 23.7 Å². The van der Waals surface area contributed by atoms with Gasteiger partial charge in [0, 0.05) is 29.9 Å². The molecule has 2 rings (SSSR count). The average Bonchev–Trinajstić information content (AvgIpc) is 2.58. The number of carbonyl (C=O) groups is 1. The predicted molar refractivity (Wildman–Crippen MR) is 97.6 cm³/mol. The monoisotopic (exact) mass is 382 g/mol. The first kappa shape index (κ1) is 19.4. The third-order valence-corrected chi connectivity index (χ3v) is 5.30. The molecule has 0 saturated heterocycles. The van der Waals surface area contributed by atoms with E-state index in [2.05, 4.69) is 10.0 Å². The first-order valence-corrected chi connectivity index (χ1v) is 9.36. The largest absolute Gasteiger partial charge is 0.383 e. The fraction of sp³-hybridized carbons (Fsp3) is 0.235. The van der Waals surface area contributed by atoms with Crippen molar-refractivity contribution in [2.45, 2.75) is 11.8 Å². The summed E-state index contributed by atoms with van der Waals surface area (Å²) in [5.41, 5.74) is 1.66. The second-order valence-electron chi connectivity index (χ2n) is 5.34. The Bertz CT molecular complexity index is 869. The lowest BCUT2D eigenvalue weighted by atomic mass is 10.2. The van der Waals surface area contributed by atoms with Gasteiger partial charge in [0.2, 0.25) is 10.0 Å². The number of carbonyl (C=O) groups excluding carboxylic acids is 1. The lowest BCUT2D eigenvalue weighted by molar-refractivity contribution is 0.102. The molecule has 0 fully saturated rings. The summed E-state index contributed by atoms with van der Waals surface area (Å²) in [6, 6.07) is 11.0. The van der Waals surface area contributed by atoms with Gasteiger partial charge in [-0.3, -0.25) is 4.79 Å². The minimum Gasteiger partial charge on any atom is -0.383 e. The molecule has 0 aliphatic heterocycles. The van der Waals surface area contributed by atoms with Crippen LogP contribution in [0.15, 0.2) is 47.4 Å². The average molecular weight is 383 g/mol. The van der Waals surface area contributed by atoms with E-state index in [0.717, 1.165) is 5.56 Å². The number of halogens is 1. The molecule has 6 nitrogen and oxygen atoms in total. The van der Waals surface area contributed by atoms with E-state index in [1.807, 2.05) is 6.92 Å². The molecular weight excluding hydrogens is 364 g/mol. The highest BCUT2D eigenvalue weighted by atomic mass is 35.5. The van der Waals surface area contributed by atoms with Crippen LogP contribution in [-0.4, -0.2) is 34.6 Å². The molecule has 0 bridgehead atoms. The number of amides is 1. The van der Waals surface area contributed by atoms with E-state index in [-0.39, 0.29) is 23.6 Å². The highest BCUT2D eigenvalue weighted by Gasteiger charge is 2.16. The van der Waals surface area contributed by atoms with Gasteiger partial charge in [-0.05, 0) is 42.8 Å². The van der Waals surface area contributed by atoms with Crippen molar-refractivity contribution in [1.82, 2.24) is 4.72 Å². The van der Waals surface area contributed by atoms with Gasteiger partial charge < -0.3 is 10.1 Å². The van der Waals surface area contributed by atoms with Crippen molar-refractivity contribution >= 4 is 33.2 Å². The Morgan fingerprint density at radius 3 is 2.64 bits per heavy atom. The number of sulfonamides is 1. The van der Waals surface area contributed by atoms with Crippen LogP contribution in [0.3, 0.4) is 0 Å². The number of nitrogens with one attached hydrogen (secondary N) is 2. The quantitative estimate of drug-likeness (QED) is 0.721. The maximum Gasteiger partial charge on any atom is 0.255 e. The van der Waals surface area contributed by atoms with Crippen molar-refractivity contribution in [3.63, 3.8) is 0 Å². The smallest absolute Gasteiger partial charge is 0.255 e. The minimum absolute atomic E-state index is 0.0122. The number of anilines is 1. The molecule has 0 aliphatic carbocycles. The molecule has 2 aromatic rings. The topological polar surface area (TPSA) is 84.5 Å². The summed E-state index contributed by atoms with van der Waals surface area (Å²) < 4.78 is 31.6. The molecule has 2 N–H and O–H groups in total. The number of hydrogen-bond donors (Lipinski definition) is 2. The van der Waals surface area contributed by atoms with Crippen LogP contribution in [0.1, 0.15) is 15.9 Å². The zero-order valence-electron chi connectivity index (χ0n) is 13.9. The Labute approximate surface area is 152 Å². The van der Waals surface area contributed by atoms with Gasteiger partial charge in [0.15, 0.2) is 0 Å². The highest BCUT2D eigenvalue weighted by Crippen LogP contribution is 2.21. The van der Waals surface area contributed by atoms with Gasteiger partial charge >= 0.3 is 0 Å². The summed E-state index contributed by atoms with van der Waals surface area (Å²) in [5.74, 6) is -0.422. The second kappa shape index (κ2) is 8.44. The number of methoxy groups -OCH3 is 1. The molecule has 2 aromatic carbocycles. The predicted octanol–water partition coefficient (Wildman–Crippen LogP) is 2.83. The van der Waals surface area contributed by atoms with Crippen LogP contribution in [0.5, 0.6) is 0 Å². The highest BCUT2D eigenvalue weighted by molar-refractivity contribution is 7.89. The summed E-state index contributed by atoms with van der Waals surface area (Å²) in [4.78, 5) is 12.4. The van der Waals surface area contributed by atoms with Gasteiger partial charge in [-0.15, -0.1) is 0 Å². The Hall–Kier alpha value is -1.93. The van der Waals surface area contributed by atoms with Crippen LogP contribution >= 0.6 is 11.6 Å². The third kappa shape index (κ3) is 5.27. The summed E-state index contributed by atoms with van der Waals surface area (Å²) >= 11 is 6.04. The number of rotatable bonds is 7. The van der Waals surface area contributed by atoms with Crippen LogP contribution < -0.4 is 10.0 Å². The number of hydrogen-bond acceptors (Lipinski definition) is 4. The van der Waals surface area contributed by atoms with Crippen LogP contribution in [0, 0.1) is 6.92 Å². The van der Waals surface area contributed by atoms with E-state index in [9.17, 15) is 13.2 Å². The van der Waals surface area contributed by atoms with Crippen molar-refractivity contribution in [2.75, 3.05) is 25.6 Å². The molecule has 0 aliphatic rings. The Morgan fingerprint density at radius 1 is 1.20 bits per heavy atom. The molecule has 0 radical (unpaired) electrons. The van der Waals surface area contributed by atoms with Crippen LogP contribution in [0.25, 0.3) is 0 Å². The van der Waals surface area contributed by atoms with E-state index in [1.165, 1.54) is 25.3 Å². The Kier molecular flexibility index (Phi) is 6.55. The molecule has 134 valence electrons. The third-order valence-electron chi connectivity index (χ3n) is 3.43. The zero-order valence-corrected chi connectivity index (χ0v) is 15.4. The molecule has 0 heterocycles. The molecular formula is C17H19ClN2O4S. The molecule has 0 unspecified atom stereocenters. The van der Waals surface area contributed by atoms with Crippen LogP contribution in [0.2, 0.25) is 5.02 Å². The van der Waals surface area contributed by atoms with Crippen molar-refractivity contribution in [3.05, 3.63) is 58.6 Å². The maximum atomic E-state index is 12.4. The maximum absolute atomic E-state index is 12.4. The molecule has 8 heteroatoms. The van der Waals surface area contributed by atoms with E-state index in [1.54, 1.807) is 24.3 Å². The first-order chi connectivity index (χ1) is 11.8. The van der Waals surface area contributed by atoms with Gasteiger partial charge in [0.25, 0.3) is 5.91 Å². The molecule has 25 heavy (non-hydrogen) atoms. The summed E-state index contributed by atoms with van der Waals surface area (Å²) in [6.45, 7) is 2.27. The fourth-order valence-electron chi connectivity index (χ4n) is 2.04. The van der Waals surface area contributed by atoms with Crippen LogP contribution in [-0.2, 0) is 14.8 Å². The van der Waals surface area contributed by atoms with E-state index in [0.29, 0.717) is 10.7 Å². The minimum atomic E-state index is -3.70. The fourth-order valence-corrected chi connectivity index (χ4v) is 3.28. The van der Waals surface area contributed by atoms with Crippen molar-refractivity contribution in [3.8, 4) is 0 Å². The molecule has 0 spiro atoms. The van der Waals surface area contributed by atoms with Gasteiger partial charge in [0.1, 0.15) is 0 Å². The normalized spacial score (nSPS) is 11.3. The first-order valence-electron chi connectivity index (χ1n) is 7.49. The number of benzene rings is 2. The van der Waals surface area contributed by atoms with E-state index >= 15 is 0 Å². The number of aryl methyl sites for hydroxylation is 1. The summed E-state index contributed by atoms with van der Waals surface area (Å²) in [5, 5.41) is 3.24. The second-order valence-corrected chi connectivity index (χ2v) is 7.51. The molecule has 1 amide bonds. The van der Waals surface area contributed by atoms with E-state index < -0.39 is 15.9 Å². The lowest BCUT2D eigenvalue weighted by Crippen LogP contribution is -2.27. The van der Waals surface area contributed by atoms with Crippen molar-refractivity contribution in [2.24, 2.45) is 0 Å².